The molecule has 0 unspecified atom stereocenters. The molecular weight excluding hydrogens is 336 g/mol. The molecule has 1 aromatic heterocycles. The summed E-state index contributed by atoms with van der Waals surface area (Å²) in [6.45, 7) is 11.1. The van der Waals surface area contributed by atoms with Gasteiger partial charge in [0.05, 0.1) is 0 Å². The maximum absolute atomic E-state index is 4.46. The number of nitrogens with zero attached hydrogens (tertiary/aromatic N) is 5. The van der Waals surface area contributed by atoms with Gasteiger partial charge in [-0.05, 0) is 22.6 Å². The third-order valence-corrected chi connectivity index (χ3v) is 4.90. The van der Waals surface area contributed by atoms with Crippen LogP contribution in [0.4, 0.5) is 5.95 Å². The molecule has 0 spiro atoms. The van der Waals surface area contributed by atoms with Crippen LogP contribution in [0, 0.1) is 0 Å². The summed E-state index contributed by atoms with van der Waals surface area (Å²) >= 11 is 0. The number of hydrogen-bond acceptors (Lipinski definition) is 4. The second-order valence-corrected chi connectivity index (χ2v) is 7.87. The minimum Gasteiger partial charge on any atom is -0.352 e. The molecule has 2 aromatic rings. The van der Waals surface area contributed by atoms with E-state index >= 15 is 0 Å². The van der Waals surface area contributed by atoms with Crippen molar-refractivity contribution >= 4 is 11.9 Å². The molecule has 6 heteroatoms. The second kappa shape index (κ2) is 8.37. The molecule has 0 bridgehead atoms. The molecule has 1 saturated heterocycles. The monoisotopic (exact) mass is 366 g/mol. The van der Waals surface area contributed by atoms with Crippen LogP contribution in [0.25, 0.3) is 0 Å². The lowest BCUT2D eigenvalue weighted by atomic mass is 9.87. The van der Waals surface area contributed by atoms with E-state index in [2.05, 4.69) is 75.1 Å². The van der Waals surface area contributed by atoms with Crippen molar-refractivity contribution in [3.8, 4) is 0 Å². The van der Waals surface area contributed by atoms with E-state index < -0.39 is 0 Å². The Bertz CT molecular complexity index is 740. The summed E-state index contributed by atoms with van der Waals surface area (Å²) in [5.41, 5.74) is 2.81. The Balaban J connectivity index is 1.53. The van der Waals surface area contributed by atoms with Crippen molar-refractivity contribution in [3.63, 3.8) is 0 Å². The van der Waals surface area contributed by atoms with Gasteiger partial charge in [-0.25, -0.2) is 9.97 Å². The number of hydrogen-bond donors (Lipinski definition) is 1. The predicted molar refractivity (Wildman–Crippen MR) is 111 cm³/mol. The Morgan fingerprint density at radius 3 is 2.22 bits per heavy atom. The van der Waals surface area contributed by atoms with Gasteiger partial charge in [0.1, 0.15) is 0 Å². The molecule has 1 fully saturated rings. The molecule has 0 amide bonds. The first-order valence-electron chi connectivity index (χ1n) is 9.54. The number of aromatic nitrogens is 2. The van der Waals surface area contributed by atoms with Gasteiger partial charge in [0.2, 0.25) is 5.95 Å². The van der Waals surface area contributed by atoms with E-state index in [0.29, 0.717) is 0 Å². The van der Waals surface area contributed by atoms with Crippen LogP contribution in [-0.4, -0.2) is 54.1 Å². The number of aliphatic imine (C=N–C) groups is 1. The van der Waals surface area contributed by atoms with E-state index in [-0.39, 0.29) is 5.41 Å². The Hall–Kier alpha value is -2.63. The Labute approximate surface area is 162 Å². The highest BCUT2D eigenvalue weighted by Crippen LogP contribution is 2.22. The van der Waals surface area contributed by atoms with Gasteiger partial charge in [-0.15, -0.1) is 0 Å². The molecule has 0 atom stereocenters. The maximum Gasteiger partial charge on any atom is 0.225 e. The minimum absolute atomic E-state index is 0.185. The third-order valence-electron chi connectivity index (χ3n) is 4.90. The number of guanidine groups is 1. The molecule has 1 aliphatic rings. The second-order valence-electron chi connectivity index (χ2n) is 7.87. The van der Waals surface area contributed by atoms with Gasteiger partial charge in [0.15, 0.2) is 5.96 Å². The Morgan fingerprint density at radius 1 is 1.04 bits per heavy atom. The van der Waals surface area contributed by atoms with Crippen LogP contribution >= 0.6 is 0 Å². The average Bonchev–Trinajstić information content (AvgIpc) is 2.69. The molecule has 2 heterocycles. The standard InChI is InChI=1S/C21H30N6/c1-21(2,3)18-8-6-17(7-9-18)16-25-19(22-4)26-12-14-27(15-13-26)20-23-10-5-11-24-20/h5-11H,12-16H2,1-4H3,(H,22,25). The molecule has 0 aliphatic carbocycles. The highest BCUT2D eigenvalue weighted by molar-refractivity contribution is 5.80. The smallest absolute Gasteiger partial charge is 0.225 e. The van der Waals surface area contributed by atoms with Crippen molar-refractivity contribution in [3.05, 3.63) is 53.9 Å². The largest absolute Gasteiger partial charge is 0.352 e. The van der Waals surface area contributed by atoms with Gasteiger partial charge in [0, 0.05) is 52.2 Å². The first-order chi connectivity index (χ1) is 13.0. The topological polar surface area (TPSA) is 56.7 Å². The summed E-state index contributed by atoms with van der Waals surface area (Å²) < 4.78 is 0. The fraction of sp³-hybridized carbons (Fsp3) is 0.476. The van der Waals surface area contributed by atoms with Crippen molar-refractivity contribution < 1.29 is 0 Å². The fourth-order valence-electron chi connectivity index (χ4n) is 3.21. The lowest BCUT2D eigenvalue weighted by molar-refractivity contribution is 0.370. The van der Waals surface area contributed by atoms with Gasteiger partial charge in [0.25, 0.3) is 0 Å². The Kier molecular flexibility index (Phi) is 5.94. The molecule has 6 nitrogen and oxygen atoms in total. The van der Waals surface area contributed by atoms with Gasteiger partial charge >= 0.3 is 0 Å². The van der Waals surface area contributed by atoms with Crippen LogP contribution in [0.3, 0.4) is 0 Å². The van der Waals surface area contributed by atoms with Crippen molar-refractivity contribution in [1.82, 2.24) is 20.2 Å². The lowest BCUT2D eigenvalue weighted by Crippen LogP contribution is -2.52. The number of anilines is 1. The van der Waals surface area contributed by atoms with Crippen LogP contribution in [0.2, 0.25) is 0 Å². The molecule has 3 rings (SSSR count). The first-order valence-corrected chi connectivity index (χ1v) is 9.54. The number of nitrogens with one attached hydrogen (secondary N) is 1. The zero-order valence-corrected chi connectivity index (χ0v) is 16.8. The van der Waals surface area contributed by atoms with E-state index in [4.69, 9.17) is 0 Å². The van der Waals surface area contributed by atoms with Crippen LogP contribution < -0.4 is 10.2 Å². The van der Waals surface area contributed by atoms with Crippen LogP contribution in [-0.2, 0) is 12.0 Å². The van der Waals surface area contributed by atoms with Crippen molar-refractivity contribution in [2.45, 2.75) is 32.7 Å². The van der Waals surface area contributed by atoms with E-state index in [0.717, 1.165) is 44.6 Å². The minimum atomic E-state index is 0.185. The summed E-state index contributed by atoms with van der Waals surface area (Å²) in [4.78, 5) is 17.7. The summed E-state index contributed by atoms with van der Waals surface area (Å²) in [6, 6.07) is 10.7. The molecule has 0 saturated carbocycles. The van der Waals surface area contributed by atoms with Gasteiger partial charge < -0.3 is 15.1 Å². The number of piperazine rings is 1. The van der Waals surface area contributed by atoms with Crippen LogP contribution in [0.1, 0.15) is 31.9 Å². The van der Waals surface area contributed by atoms with Crippen molar-refractivity contribution in [1.29, 1.82) is 0 Å². The average molecular weight is 367 g/mol. The summed E-state index contributed by atoms with van der Waals surface area (Å²) in [5, 5.41) is 3.49. The van der Waals surface area contributed by atoms with Gasteiger partial charge in [-0.3, -0.25) is 4.99 Å². The zero-order chi connectivity index (χ0) is 19.3. The quantitative estimate of drug-likeness (QED) is 0.669. The maximum atomic E-state index is 4.46. The SMILES string of the molecule is CN=C(NCc1ccc(C(C)(C)C)cc1)N1CCN(c2ncccn2)CC1. The fourth-order valence-corrected chi connectivity index (χ4v) is 3.21. The molecule has 1 aromatic carbocycles. The molecule has 27 heavy (non-hydrogen) atoms. The van der Waals surface area contributed by atoms with Crippen LogP contribution in [0.5, 0.6) is 0 Å². The highest BCUT2D eigenvalue weighted by Gasteiger charge is 2.21. The zero-order valence-electron chi connectivity index (χ0n) is 16.8. The number of benzene rings is 1. The van der Waals surface area contributed by atoms with Crippen LogP contribution in [0.15, 0.2) is 47.7 Å². The van der Waals surface area contributed by atoms with Crippen molar-refractivity contribution in [2.24, 2.45) is 4.99 Å². The summed E-state index contributed by atoms with van der Waals surface area (Å²) in [7, 11) is 1.84. The van der Waals surface area contributed by atoms with E-state index in [1.165, 1.54) is 11.1 Å². The molecule has 144 valence electrons. The predicted octanol–water partition coefficient (Wildman–Crippen LogP) is 2.67. The molecule has 1 aliphatic heterocycles. The van der Waals surface area contributed by atoms with Crippen molar-refractivity contribution in [2.75, 3.05) is 38.1 Å². The molecule has 0 radical (unpaired) electrons. The third kappa shape index (κ3) is 4.96. The van der Waals surface area contributed by atoms with E-state index in [9.17, 15) is 0 Å². The lowest BCUT2D eigenvalue weighted by Gasteiger charge is -2.36. The summed E-state index contributed by atoms with van der Waals surface area (Å²) in [5.74, 6) is 1.75. The Morgan fingerprint density at radius 2 is 1.67 bits per heavy atom. The van der Waals surface area contributed by atoms with Gasteiger partial charge in [-0.2, -0.15) is 0 Å². The summed E-state index contributed by atoms with van der Waals surface area (Å²) in [6.07, 6.45) is 3.58. The first kappa shape index (κ1) is 19.1. The normalized spacial score (nSPS) is 15.8. The molecule has 1 N–H and O–H groups in total. The number of rotatable bonds is 3. The molecular formula is C21H30N6. The van der Waals surface area contributed by atoms with E-state index in [1.807, 2.05) is 13.1 Å². The van der Waals surface area contributed by atoms with Gasteiger partial charge in [-0.1, -0.05) is 45.0 Å². The highest BCUT2D eigenvalue weighted by atomic mass is 15.4. The van der Waals surface area contributed by atoms with E-state index in [1.54, 1.807) is 12.4 Å².